The quantitative estimate of drug-likeness (QED) is 0.810. The van der Waals surface area contributed by atoms with Crippen LogP contribution in [-0.4, -0.2) is 9.55 Å². The number of aromatic nitrogens is 2. The van der Waals surface area contributed by atoms with Crippen molar-refractivity contribution in [1.29, 1.82) is 0 Å². The van der Waals surface area contributed by atoms with Crippen LogP contribution in [0.5, 0.6) is 0 Å². The highest BCUT2D eigenvalue weighted by atomic mass is 35.5. The van der Waals surface area contributed by atoms with Gasteiger partial charge in [0.05, 0.1) is 0 Å². The van der Waals surface area contributed by atoms with Gasteiger partial charge < -0.3 is 0 Å². The van der Waals surface area contributed by atoms with Crippen LogP contribution in [0.3, 0.4) is 0 Å². The Morgan fingerprint density at radius 2 is 2.13 bits per heavy atom. The first-order valence-corrected chi connectivity index (χ1v) is 5.06. The summed E-state index contributed by atoms with van der Waals surface area (Å²) in [5.41, 5.74) is -1.64. The average Bonchev–Trinajstić information content (AvgIpc) is 2.15. The lowest BCUT2D eigenvalue weighted by atomic mass is 10.2. The summed E-state index contributed by atoms with van der Waals surface area (Å²) >= 11 is 5.33. The number of rotatable bonds is 3. The minimum atomic E-state index is -1.11. The van der Waals surface area contributed by atoms with Crippen LogP contribution in [0.1, 0.15) is 32.7 Å². The zero-order valence-electron chi connectivity index (χ0n) is 8.51. The molecule has 6 heteroatoms. The van der Waals surface area contributed by atoms with Gasteiger partial charge in [-0.05, 0) is 13.3 Å². The lowest BCUT2D eigenvalue weighted by Gasteiger charge is -2.12. The third-order valence-corrected chi connectivity index (χ3v) is 2.44. The molecular formula is C9H12ClFN2O2. The van der Waals surface area contributed by atoms with Crippen molar-refractivity contribution in [2.24, 2.45) is 0 Å². The van der Waals surface area contributed by atoms with Crippen molar-refractivity contribution < 1.29 is 4.39 Å². The van der Waals surface area contributed by atoms with Gasteiger partial charge in [0.1, 0.15) is 0 Å². The molecule has 0 aliphatic carbocycles. The van der Waals surface area contributed by atoms with E-state index in [9.17, 15) is 14.0 Å². The third-order valence-electron chi connectivity index (χ3n) is 2.18. The number of nitrogens with one attached hydrogen (secondary N) is 1. The molecule has 0 amide bonds. The van der Waals surface area contributed by atoms with Crippen LogP contribution in [0.15, 0.2) is 9.59 Å². The molecular weight excluding hydrogens is 223 g/mol. The van der Waals surface area contributed by atoms with Crippen LogP contribution in [-0.2, 0) is 0 Å². The van der Waals surface area contributed by atoms with E-state index in [0.717, 1.165) is 11.0 Å². The van der Waals surface area contributed by atoms with Gasteiger partial charge in [-0.2, -0.15) is 4.39 Å². The number of halogens is 2. The molecule has 1 heterocycles. The van der Waals surface area contributed by atoms with Crippen molar-refractivity contribution in [3.05, 3.63) is 31.8 Å². The van der Waals surface area contributed by atoms with Gasteiger partial charge in [-0.3, -0.25) is 14.3 Å². The van der Waals surface area contributed by atoms with Gasteiger partial charge in [-0.1, -0.05) is 24.9 Å². The highest BCUT2D eigenvalue weighted by Gasteiger charge is 2.15. The first-order valence-electron chi connectivity index (χ1n) is 4.68. The number of H-pyrrole nitrogens is 1. The van der Waals surface area contributed by atoms with Gasteiger partial charge in [0, 0.05) is 6.04 Å². The fourth-order valence-corrected chi connectivity index (χ4v) is 1.61. The van der Waals surface area contributed by atoms with Gasteiger partial charge in [0.2, 0.25) is 5.82 Å². The zero-order valence-corrected chi connectivity index (χ0v) is 9.27. The van der Waals surface area contributed by atoms with Gasteiger partial charge in [0.25, 0.3) is 5.56 Å². The number of hydrogen-bond donors (Lipinski definition) is 1. The maximum atomic E-state index is 13.1. The Morgan fingerprint density at radius 1 is 1.53 bits per heavy atom. The van der Waals surface area contributed by atoms with E-state index in [4.69, 9.17) is 11.6 Å². The maximum absolute atomic E-state index is 13.1. The predicted molar refractivity (Wildman–Crippen MR) is 55.9 cm³/mol. The van der Waals surface area contributed by atoms with E-state index < -0.39 is 22.2 Å². The van der Waals surface area contributed by atoms with E-state index in [1.807, 2.05) is 6.92 Å². The Balaban J connectivity index is 3.37. The first kappa shape index (κ1) is 12.0. The Morgan fingerprint density at radius 3 is 2.67 bits per heavy atom. The van der Waals surface area contributed by atoms with Crippen molar-refractivity contribution in [2.45, 2.75) is 32.7 Å². The summed E-state index contributed by atoms with van der Waals surface area (Å²) in [6.07, 6.45) is 1.43. The molecule has 0 saturated heterocycles. The predicted octanol–water partition coefficient (Wildman–Crippen LogP) is 1.69. The summed E-state index contributed by atoms with van der Waals surface area (Å²) in [5, 5.41) is -0.537. The summed E-state index contributed by atoms with van der Waals surface area (Å²) in [5.74, 6) is -1.11. The van der Waals surface area contributed by atoms with Crippen LogP contribution in [0.25, 0.3) is 0 Å². The lowest BCUT2D eigenvalue weighted by Crippen LogP contribution is -2.39. The van der Waals surface area contributed by atoms with Crippen molar-refractivity contribution in [3.63, 3.8) is 0 Å². The highest BCUT2D eigenvalue weighted by molar-refractivity contribution is 6.29. The van der Waals surface area contributed by atoms with Gasteiger partial charge in [0.15, 0.2) is 5.15 Å². The van der Waals surface area contributed by atoms with E-state index in [2.05, 4.69) is 4.98 Å². The molecule has 1 aromatic heterocycles. The van der Waals surface area contributed by atoms with Gasteiger partial charge >= 0.3 is 5.69 Å². The molecule has 0 spiro atoms. The number of hydrogen-bond acceptors (Lipinski definition) is 2. The zero-order chi connectivity index (χ0) is 11.6. The molecule has 0 aliphatic rings. The van der Waals surface area contributed by atoms with Gasteiger partial charge in [-0.25, -0.2) is 4.79 Å². The Hall–Kier alpha value is -1.10. The molecule has 0 aromatic carbocycles. The molecule has 15 heavy (non-hydrogen) atoms. The summed E-state index contributed by atoms with van der Waals surface area (Å²) in [6.45, 7) is 3.61. The van der Waals surface area contributed by atoms with Crippen molar-refractivity contribution >= 4 is 11.6 Å². The monoisotopic (exact) mass is 234 g/mol. The van der Waals surface area contributed by atoms with Crippen LogP contribution in [0, 0.1) is 5.82 Å². The van der Waals surface area contributed by atoms with Crippen molar-refractivity contribution in [3.8, 4) is 0 Å². The Bertz CT molecular complexity index is 466. The molecule has 1 rings (SSSR count). The van der Waals surface area contributed by atoms with E-state index >= 15 is 0 Å². The van der Waals surface area contributed by atoms with E-state index in [1.165, 1.54) is 0 Å². The Labute approximate surface area is 90.7 Å². The van der Waals surface area contributed by atoms with E-state index in [1.54, 1.807) is 6.92 Å². The normalized spacial score (nSPS) is 12.8. The maximum Gasteiger partial charge on any atom is 0.329 e. The minimum Gasteiger partial charge on any atom is -0.295 e. The van der Waals surface area contributed by atoms with Gasteiger partial charge in [-0.15, -0.1) is 0 Å². The second kappa shape index (κ2) is 4.61. The molecule has 0 fully saturated rings. The molecule has 0 radical (unpaired) electrons. The van der Waals surface area contributed by atoms with Crippen LogP contribution < -0.4 is 11.2 Å². The molecule has 0 bridgehead atoms. The molecule has 1 atom stereocenters. The minimum absolute atomic E-state index is 0.335. The van der Waals surface area contributed by atoms with Crippen LogP contribution in [0.2, 0.25) is 5.15 Å². The highest BCUT2D eigenvalue weighted by Crippen LogP contribution is 2.09. The summed E-state index contributed by atoms with van der Waals surface area (Å²) < 4.78 is 14.0. The summed E-state index contributed by atoms with van der Waals surface area (Å²) in [7, 11) is 0. The molecule has 1 aromatic rings. The second-order valence-corrected chi connectivity index (χ2v) is 3.75. The molecule has 84 valence electrons. The molecule has 1 N–H and O–H groups in total. The molecule has 1 unspecified atom stereocenters. The molecule has 0 aliphatic heterocycles. The van der Waals surface area contributed by atoms with Crippen LogP contribution >= 0.6 is 11.6 Å². The van der Waals surface area contributed by atoms with Crippen molar-refractivity contribution in [2.75, 3.05) is 0 Å². The number of nitrogens with zero attached hydrogens (tertiary/aromatic N) is 1. The Kier molecular flexibility index (Phi) is 3.68. The van der Waals surface area contributed by atoms with E-state index in [-0.39, 0.29) is 6.04 Å². The average molecular weight is 235 g/mol. The summed E-state index contributed by atoms with van der Waals surface area (Å²) in [4.78, 5) is 24.9. The lowest BCUT2D eigenvalue weighted by molar-refractivity contribution is 0.443. The van der Waals surface area contributed by atoms with Crippen molar-refractivity contribution in [1.82, 2.24) is 9.55 Å². The molecule has 0 saturated carbocycles. The summed E-state index contributed by atoms with van der Waals surface area (Å²) in [6, 6.07) is -0.335. The SMILES string of the molecule is CCCC(C)n1c(=O)[nH]c(Cl)c(F)c1=O. The topological polar surface area (TPSA) is 54.9 Å². The third kappa shape index (κ3) is 2.28. The first-order chi connectivity index (χ1) is 6.99. The standard InChI is InChI=1S/C9H12ClFN2O2/c1-3-4-5(2)13-8(14)6(11)7(10)12-9(13)15/h5H,3-4H2,1-2H3,(H,12,15). The fraction of sp³-hybridized carbons (Fsp3) is 0.556. The smallest absolute Gasteiger partial charge is 0.295 e. The second-order valence-electron chi connectivity index (χ2n) is 3.37. The fourth-order valence-electron chi connectivity index (χ4n) is 1.45. The van der Waals surface area contributed by atoms with E-state index in [0.29, 0.717) is 6.42 Å². The number of aromatic amines is 1. The molecule has 4 nitrogen and oxygen atoms in total. The largest absolute Gasteiger partial charge is 0.329 e. The van der Waals surface area contributed by atoms with Crippen LogP contribution in [0.4, 0.5) is 4.39 Å².